The van der Waals surface area contributed by atoms with Crippen LogP contribution in [0.4, 0.5) is 5.69 Å². The molecule has 0 bridgehead atoms. The Morgan fingerprint density at radius 1 is 1.27 bits per heavy atom. The van der Waals surface area contributed by atoms with Crippen molar-refractivity contribution in [1.29, 1.82) is 0 Å². The van der Waals surface area contributed by atoms with E-state index in [0.717, 1.165) is 12.1 Å². The van der Waals surface area contributed by atoms with Crippen molar-refractivity contribution in [3.05, 3.63) is 29.8 Å². The fourth-order valence-corrected chi connectivity index (χ4v) is 3.10. The molecule has 0 unspecified atom stereocenters. The van der Waals surface area contributed by atoms with Gasteiger partial charge in [0.05, 0.1) is 11.8 Å². The van der Waals surface area contributed by atoms with Gasteiger partial charge in [-0.2, -0.15) is 5.11 Å². The smallest absolute Gasteiger partial charge is 0.186 e. The van der Waals surface area contributed by atoms with E-state index < -0.39 is 11.5 Å². The number of para-hydroxylation sites is 1. The van der Waals surface area contributed by atoms with Gasteiger partial charge in [0.25, 0.3) is 0 Å². The van der Waals surface area contributed by atoms with Crippen LogP contribution in [0.2, 0.25) is 0 Å². The second-order valence-corrected chi connectivity index (χ2v) is 6.23. The predicted octanol–water partition coefficient (Wildman–Crippen LogP) is 2.93. The summed E-state index contributed by atoms with van der Waals surface area (Å²) in [5, 5.41) is 10.4. The van der Waals surface area contributed by atoms with Crippen molar-refractivity contribution in [3.63, 3.8) is 0 Å². The van der Waals surface area contributed by atoms with Crippen LogP contribution in [0.25, 0.3) is 0 Å². The third-order valence-corrected chi connectivity index (χ3v) is 4.39. The number of fused-ring (bicyclic) bond motifs is 3. The molecule has 22 heavy (non-hydrogen) atoms. The van der Waals surface area contributed by atoms with Crippen LogP contribution in [-0.2, 0) is 20.6 Å². The number of hydrogen-bond acceptors (Lipinski definition) is 6. The first-order valence-corrected chi connectivity index (χ1v) is 7.53. The summed E-state index contributed by atoms with van der Waals surface area (Å²) < 4.78 is 17.4. The van der Waals surface area contributed by atoms with Crippen LogP contribution in [0.15, 0.2) is 34.6 Å². The molecule has 6 nitrogen and oxygen atoms in total. The maximum Gasteiger partial charge on any atom is 0.186 e. The number of methoxy groups -OCH3 is 2. The maximum absolute atomic E-state index is 6.19. The Morgan fingerprint density at radius 3 is 2.77 bits per heavy atom. The quantitative estimate of drug-likeness (QED) is 0.803. The molecule has 0 spiro atoms. The van der Waals surface area contributed by atoms with Crippen LogP contribution in [0, 0.1) is 0 Å². The lowest BCUT2D eigenvalue weighted by Gasteiger charge is -2.36. The van der Waals surface area contributed by atoms with E-state index in [0.29, 0.717) is 13.0 Å². The summed E-state index contributed by atoms with van der Waals surface area (Å²) in [6.45, 7) is 4.35. The van der Waals surface area contributed by atoms with Gasteiger partial charge in [0.1, 0.15) is 6.54 Å². The van der Waals surface area contributed by atoms with E-state index in [2.05, 4.69) is 22.5 Å². The Kier molecular flexibility index (Phi) is 3.92. The van der Waals surface area contributed by atoms with Crippen LogP contribution in [0.1, 0.15) is 25.8 Å². The van der Waals surface area contributed by atoms with E-state index in [9.17, 15) is 0 Å². The maximum atomic E-state index is 6.19. The molecule has 3 rings (SSSR count). The second kappa shape index (κ2) is 5.61. The van der Waals surface area contributed by atoms with Crippen molar-refractivity contribution in [2.45, 2.75) is 44.3 Å². The summed E-state index contributed by atoms with van der Waals surface area (Å²) in [6.07, 6.45) is 1.43. The lowest BCUT2D eigenvalue weighted by atomic mass is 10.0. The van der Waals surface area contributed by atoms with Crippen LogP contribution in [0.5, 0.6) is 0 Å². The molecule has 0 amide bonds. The summed E-state index contributed by atoms with van der Waals surface area (Å²) in [7, 11) is 3.36. The second-order valence-electron chi connectivity index (χ2n) is 6.23. The Balaban J connectivity index is 1.98. The van der Waals surface area contributed by atoms with Gasteiger partial charge in [-0.3, -0.25) is 0 Å². The number of rotatable bonds is 4. The van der Waals surface area contributed by atoms with Crippen molar-refractivity contribution >= 4 is 5.69 Å². The molecule has 0 saturated heterocycles. The third-order valence-electron chi connectivity index (χ3n) is 4.39. The summed E-state index contributed by atoms with van der Waals surface area (Å²) in [6, 6.07) is 8.19. The van der Waals surface area contributed by atoms with Crippen molar-refractivity contribution in [3.8, 4) is 0 Å². The summed E-state index contributed by atoms with van der Waals surface area (Å²) >= 11 is 0. The highest BCUT2D eigenvalue weighted by Crippen LogP contribution is 2.41. The van der Waals surface area contributed by atoms with Gasteiger partial charge in [-0.15, -0.1) is 0 Å². The fourth-order valence-electron chi connectivity index (χ4n) is 3.10. The highest BCUT2D eigenvalue weighted by molar-refractivity contribution is 5.56. The SMILES string of the molecule is COC(C)(C)O[C@H]1Cc2ccccc2N2N=NC[C@@]2(OC)C1. The van der Waals surface area contributed by atoms with Crippen LogP contribution < -0.4 is 5.01 Å². The minimum Gasteiger partial charge on any atom is -0.355 e. The zero-order valence-electron chi connectivity index (χ0n) is 13.6. The van der Waals surface area contributed by atoms with Gasteiger partial charge >= 0.3 is 0 Å². The van der Waals surface area contributed by atoms with Crippen molar-refractivity contribution < 1.29 is 14.2 Å². The van der Waals surface area contributed by atoms with Crippen LogP contribution in [-0.4, -0.2) is 38.4 Å². The molecule has 0 aromatic heterocycles. The van der Waals surface area contributed by atoms with Crippen LogP contribution >= 0.6 is 0 Å². The summed E-state index contributed by atoms with van der Waals surface area (Å²) in [5.41, 5.74) is 1.63. The molecule has 2 heterocycles. The molecular weight excluding hydrogens is 282 g/mol. The molecule has 2 aliphatic rings. The molecule has 1 aromatic carbocycles. The van der Waals surface area contributed by atoms with Crippen molar-refractivity contribution in [1.82, 2.24) is 0 Å². The first kappa shape index (κ1) is 15.4. The molecule has 0 radical (unpaired) electrons. The molecule has 6 heteroatoms. The number of hydrogen-bond donors (Lipinski definition) is 0. The van der Waals surface area contributed by atoms with E-state index in [-0.39, 0.29) is 6.10 Å². The summed E-state index contributed by atoms with van der Waals surface area (Å²) in [4.78, 5) is 0. The van der Waals surface area contributed by atoms with Gasteiger partial charge in [0, 0.05) is 27.1 Å². The average Bonchev–Trinajstić information content (AvgIpc) is 2.86. The molecule has 0 aliphatic carbocycles. The number of benzene rings is 1. The molecular formula is C16H23N3O3. The van der Waals surface area contributed by atoms with Gasteiger partial charge in [-0.25, -0.2) is 5.01 Å². The van der Waals surface area contributed by atoms with Crippen LogP contribution in [0.3, 0.4) is 0 Å². The van der Waals surface area contributed by atoms with Gasteiger partial charge in [0.2, 0.25) is 0 Å². The lowest BCUT2D eigenvalue weighted by Crippen LogP contribution is -2.49. The van der Waals surface area contributed by atoms with Gasteiger partial charge < -0.3 is 14.2 Å². The van der Waals surface area contributed by atoms with Gasteiger partial charge in [0.15, 0.2) is 11.5 Å². The molecule has 2 aliphatic heterocycles. The molecule has 0 fully saturated rings. The highest BCUT2D eigenvalue weighted by atomic mass is 16.7. The molecule has 2 atom stereocenters. The van der Waals surface area contributed by atoms with Crippen molar-refractivity contribution in [2.24, 2.45) is 10.3 Å². The number of anilines is 1. The molecule has 120 valence electrons. The standard InChI is InChI=1S/C16H23N3O3/c1-15(2,20-3)22-13-9-12-7-5-6-8-14(12)19-16(10-13,21-4)11-17-18-19/h5-8,13H,9-11H2,1-4H3/t13-,16-/m0/s1. The predicted molar refractivity (Wildman–Crippen MR) is 82.7 cm³/mol. The average molecular weight is 305 g/mol. The first-order valence-electron chi connectivity index (χ1n) is 7.53. The number of ether oxygens (including phenoxy) is 3. The van der Waals surface area contributed by atoms with E-state index in [1.165, 1.54) is 5.56 Å². The Morgan fingerprint density at radius 2 is 2.05 bits per heavy atom. The lowest BCUT2D eigenvalue weighted by molar-refractivity contribution is -0.231. The topological polar surface area (TPSA) is 55.7 Å². The molecule has 0 N–H and O–H groups in total. The normalized spacial score (nSPS) is 27.5. The third kappa shape index (κ3) is 2.62. The Labute approximate surface area is 131 Å². The van der Waals surface area contributed by atoms with E-state index >= 15 is 0 Å². The Bertz CT molecular complexity index is 576. The van der Waals surface area contributed by atoms with E-state index in [4.69, 9.17) is 14.2 Å². The monoisotopic (exact) mass is 305 g/mol. The minimum atomic E-state index is -0.642. The van der Waals surface area contributed by atoms with Crippen molar-refractivity contribution in [2.75, 3.05) is 25.8 Å². The fraction of sp³-hybridized carbons (Fsp3) is 0.625. The molecule has 1 aromatic rings. The van der Waals surface area contributed by atoms with Gasteiger partial charge in [-0.05, 0) is 25.5 Å². The summed E-state index contributed by atoms with van der Waals surface area (Å²) in [5.74, 6) is -0.642. The number of nitrogens with zero attached hydrogens (tertiary/aromatic N) is 3. The molecule has 0 saturated carbocycles. The zero-order chi connectivity index (χ0) is 15.8. The Hall–Kier alpha value is -1.50. The first-order chi connectivity index (χ1) is 10.5. The highest BCUT2D eigenvalue weighted by Gasteiger charge is 2.47. The van der Waals surface area contributed by atoms with E-state index in [1.54, 1.807) is 14.2 Å². The van der Waals surface area contributed by atoms with E-state index in [1.807, 2.05) is 31.0 Å². The zero-order valence-corrected chi connectivity index (χ0v) is 13.6. The van der Waals surface area contributed by atoms with Gasteiger partial charge in [-0.1, -0.05) is 23.4 Å². The minimum absolute atomic E-state index is 0.0375. The largest absolute Gasteiger partial charge is 0.355 e.